The van der Waals surface area contributed by atoms with Crippen LogP contribution in [0.5, 0.6) is 0 Å². The van der Waals surface area contributed by atoms with Crippen molar-refractivity contribution in [1.82, 2.24) is 0 Å². The third-order valence-corrected chi connectivity index (χ3v) is 3.25. The van der Waals surface area contributed by atoms with Gasteiger partial charge in [0.05, 0.1) is 6.61 Å². The van der Waals surface area contributed by atoms with E-state index in [1.807, 2.05) is 6.92 Å². The summed E-state index contributed by atoms with van der Waals surface area (Å²) in [6.45, 7) is 8.09. The smallest absolute Gasteiger partial charge is 0.0637 e. The number of nitrogens with zero attached hydrogens (tertiary/aromatic N) is 1. The van der Waals surface area contributed by atoms with Gasteiger partial charge >= 0.3 is 0 Å². The monoisotopic (exact) mass is 236 g/mol. The van der Waals surface area contributed by atoms with Crippen LogP contribution in [0.3, 0.4) is 0 Å². The highest BCUT2D eigenvalue weighted by Crippen LogP contribution is 2.23. The van der Waals surface area contributed by atoms with Crippen LogP contribution in [-0.4, -0.2) is 26.3 Å². The molecule has 1 aromatic carbocycles. The average molecular weight is 236 g/mol. The molecule has 0 aliphatic rings. The zero-order valence-electron chi connectivity index (χ0n) is 11.4. The number of rotatable bonds is 6. The van der Waals surface area contributed by atoms with Crippen LogP contribution in [0, 0.1) is 6.92 Å². The van der Waals surface area contributed by atoms with Crippen LogP contribution in [-0.2, 0) is 4.74 Å². The third-order valence-electron chi connectivity index (χ3n) is 3.25. The summed E-state index contributed by atoms with van der Waals surface area (Å²) in [6, 6.07) is 6.75. The van der Waals surface area contributed by atoms with Gasteiger partial charge in [0.15, 0.2) is 0 Å². The molecule has 1 unspecified atom stereocenters. The fourth-order valence-electron chi connectivity index (χ4n) is 1.82. The van der Waals surface area contributed by atoms with Gasteiger partial charge in [-0.3, -0.25) is 0 Å². The maximum absolute atomic E-state index is 5.97. The van der Waals surface area contributed by atoms with Crippen molar-refractivity contribution in [3.63, 3.8) is 0 Å². The Hall–Kier alpha value is -1.22. The topological polar surface area (TPSA) is 38.5 Å². The van der Waals surface area contributed by atoms with E-state index in [-0.39, 0.29) is 0 Å². The highest BCUT2D eigenvalue weighted by Gasteiger charge is 2.13. The molecular formula is C14H24N2O. The summed E-state index contributed by atoms with van der Waals surface area (Å²) in [6.07, 6.45) is 1.11. The van der Waals surface area contributed by atoms with Crippen LogP contribution in [0.4, 0.5) is 11.4 Å². The predicted octanol–water partition coefficient (Wildman–Crippen LogP) is 2.83. The molecule has 0 bridgehead atoms. The van der Waals surface area contributed by atoms with Gasteiger partial charge in [0.2, 0.25) is 0 Å². The quantitative estimate of drug-likeness (QED) is 0.772. The van der Waals surface area contributed by atoms with Crippen molar-refractivity contribution in [3.8, 4) is 0 Å². The van der Waals surface area contributed by atoms with Gasteiger partial charge in [0.25, 0.3) is 0 Å². The van der Waals surface area contributed by atoms with Gasteiger partial charge in [-0.25, -0.2) is 0 Å². The minimum absolute atomic E-state index is 0.493. The van der Waals surface area contributed by atoms with Crippen molar-refractivity contribution < 1.29 is 4.74 Å². The molecular weight excluding hydrogens is 212 g/mol. The van der Waals surface area contributed by atoms with E-state index < -0.39 is 0 Å². The SMILES string of the molecule is CCC(C)N(CCOC)c1ccc(C)c(N)c1. The van der Waals surface area contributed by atoms with Crippen molar-refractivity contribution in [2.45, 2.75) is 33.2 Å². The zero-order valence-corrected chi connectivity index (χ0v) is 11.4. The lowest BCUT2D eigenvalue weighted by Crippen LogP contribution is -2.35. The van der Waals surface area contributed by atoms with Gasteiger partial charge in [-0.1, -0.05) is 13.0 Å². The molecule has 0 saturated carbocycles. The summed E-state index contributed by atoms with van der Waals surface area (Å²) in [4.78, 5) is 2.35. The van der Waals surface area contributed by atoms with Gasteiger partial charge in [0.1, 0.15) is 0 Å². The van der Waals surface area contributed by atoms with Gasteiger partial charge in [-0.15, -0.1) is 0 Å². The van der Waals surface area contributed by atoms with E-state index in [0.29, 0.717) is 6.04 Å². The zero-order chi connectivity index (χ0) is 12.8. The summed E-state index contributed by atoms with van der Waals surface area (Å²) in [7, 11) is 1.73. The average Bonchev–Trinajstić information content (AvgIpc) is 2.33. The number of hydrogen-bond acceptors (Lipinski definition) is 3. The van der Waals surface area contributed by atoms with E-state index >= 15 is 0 Å². The first-order valence-corrected chi connectivity index (χ1v) is 6.21. The highest BCUT2D eigenvalue weighted by atomic mass is 16.5. The predicted molar refractivity (Wildman–Crippen MR) is 74.6 cm³/mol. The Morgan fingerprint density at radius 1 is 1.41 bits per heavy atom. The van der Waals surface area contributed by atoms with Crippen molar-refractivity contribution in [2.24, 2.45) is 0 Å². The molecule has 0 aliphatic heterocycles. The van der Waals surface area contributed by atoms with E-state index in [1.54, 1.807) is 7.11 Å². The van der Waals surface area contributed by atoms with Gasteiger partial charge in [-0.05, 0) is 38.0 Å². The maximum Gasteiger partial charge on any atom is 0.0637 e. The second-order valence-electron chi connectivity index (χ2n) is 4.48. The Bertz CT molecular complexity index is 352. The number of hydrogen-bond donors (Lipinski definition) is 1. The summed E-state index contributed by atoms with van der Waals surface area (Å²) in [5.41, 5.74) is 9.13. The number of benzene rings is 1. The van der Waals surface area contributed by atoms with E-state index in [4.69, 9.17) is 10.5 Å². The minimum Gasteiger partial charge on any atom is -0.398 e. The second kappa shape index (κ2) is 6.50. The third kappa shape index (κ3) is 3.63. The Kier molecular flexibility index (Phi) is 5.29. The Morgan fingerprint density at radius 3 is 2.65 bits per heavy atom. The fraction of sp³-hybridized carbons (Fsp3) is 0.571. The first kappa shape index (κ1) is 13.8. The fourth-order valence-corrected chi connectivity index (χ4v) is 1.82. The minimum atomic E-state index is 0.493. The molecule has 0 amide bonds. The number of methoxy groups -OCH3 is 1. The Labute approximate surface area is 105 Å². The molecule has 0 heterocycles. The summed E-state index contributed by atoms with van der Waals surface area (Å²) < 4.78 is 5.17. The van der Waals surface area contributed by atoms with Crippen LogP contribution >= 0.6 is 0 Å². The lowest BCUT2D eigenvalue weighted by atomic mass is 10.1. The molecule has 3 nitrogen and oxygen atoms in total. The van der Waals surface area contributed by atoms with Crippen LogP contribution in [0.1, 0.15) is 25.8 Å². The molecule has 0 radical (unpaired) electrons. The molecule has 0 aromatic heterocycles. The van der Waals surface area contributed by atoms with Crippen LogP contribution in [0.15, 0.2) is 18.2 Å². The lowest BCUT2D eigenvalue weighted by molar-refractivity contribution is 0.203. The lowest BCUT2D eigenvalue weighted by Gasteiger charge is -2.31. The Balaban J connectivity index is 2.91. The van der Waals surface area contributed by atoms with Gasteiger partial charge < -0.3 is 15.4 Å². The normalized spacial score (nSPS) is 12.5. The van der Waals surface area contributed by atoms with E-state index in [2.05, 4.69) is 36.9 Å². The summed E-state index contributed by atoms with van der Waals surface area (Å²) in [5, 5.41) is 0. The first-order valence-electron chi connectivity index (χ1n) is 6.21. The summed E-state index contributed by atoms with van der Waals surface area (Å²) in [5.74, 6) is 0. The van der Waals surface area contributed by atoms with E-state index in [0.717, 1.165) is 30.8 Å². The van der Waals surface area contributed by atoms with Crippen LogP contribution in [0.25, 0.3) is 0 Å². The molecule has 2 N–H and O–H groups in total. The number of ether oxygens (including phenoxy) is 1. The number of nitrogens with two attached hydrogens (primary N) is 1. The molecule has 17 heavy (non-hydrogen) atoms. The van der Waals surface area contributed by atoms with Crippen LogP contribution < -0.4 is 10.6 Å². The van der Waals surface area contributed by atoms with Crippen molar-refractivity contribution >= 4 is 11.4 Å². The van der Waals surface area contributed by atoms with E-state index in [9.17, 15) is 0 Å². The second-order valence-corrected chi connectivity index (χ2v) is 4.48. The van der Waals surface area contributed by atoms with Crippen molar-refractivity contribution in [1.29, 1.82) is 0 Å². The summed E-state index contributed by atoms with van der Waals surface area (Å²) >= 11 is 0. The Morgan fingerprint density at radius 2 is 2.12 bits per heavy atom. The standard InChI is InChI=1S/C14H24N2O/c1-5-12(3)16(8-9-17-4)13-7-6-11(2)14(15)10-13/h6-7,10,12H,5,8-9,15H2,1-4H3. The van der Waals surface area contributed by atoms with Gasteiger partial charge in [-0.2, -0.15) is 0 Å². The molecule has 0 fully saturated rings. The number of nitrogen functional groups attached to an aromatic ring is 1. The molecule has 96 valence electrons. The maximum atomic E-state index is 5.97. The number of anilines is 2. The van der Waals surface area contributed by atoms with Gasteiger partial charge in [0, 0.05) is 31.1 Å². The molecule has 1 atom stereocenters. The first-order chi connectivity index (χ1) is 8.10. The largest absolute Gasteiger partial charge is 0.398 e. The molecule has 3 heteroatoms. The molecule has 0 aliphatic carbocycles. The van der Waals surface area contributed by atoms with Crippen molar-refractivity contribution in [3.05, 3.63) is 23.8 Å². The molecule has 1 rings (SSSR count). The van der Waals surface area contributed by atoms with E-state index in [1.165, 1.54) is 5.69 Å². The molecule has 0 spiro atoms. The number of aryl methyl sites for hydroxylation is 1. The van der Waals surface area contributed by atoms with Crippen molar-refractivity contribution in [2.75, 3.05) is 30.9 Å². The highest BCUT2D eigenvalue weighted by molar-refractivity contribution is 5.60. The van der Waals surface area contributed by atoms with Crippen LogP contribution in [0.2, 0.25) is 0 Å². The molecule has 1 aromatic rings. The molecule has 0 saturated heterocycles.